The normalized spacial score (nSPS) is 16.5. The van der Waals surface area contributed by atoms with Gasteiger partial charge in [0.25, 0.3) is 0 Å². The summed E-state index contributed by atoms with van der Waals surface area (Å²) in [6, 6.07) is 1.69. The van der Waals surface area contributed by atoms with Crippen molar-refractivity contribution < 1.29 is 4.79 Å². The van der Waals surface area contributed by atoms with Crippen LogP contribution in [0.25, 0.3) is 0 Å². The molecule has 1 aromatic rings. The average Bonchev–Trinajstić information content (AvgIpc) is 2.68. The first-order valence-electron chi connectivity index (χ1n) is 5.78. The molecule has 0 fully saturated rings. The Morgan fingerprint density at radius 2 is 2.24 bits per heavy atom. The maximum atomic E-state index is 12.1. The van der Waals surface area contributed by atoms with Gasteiger partial charge in [-0.2, -0.15) is 5.10 Å². The summed E-state index contributed by atoms with van der Waals surface area (Å²) in [6.45, 7) is 5.96. The summed E-state index contributed by atoms with van der Waals surface area (Å²) in [5, 5.41) is 4.02. The molecule has 0 bridgehead atoms. The highest BCUT2D eigenvalue weighted by Crippen LogP contribution is 2.17. The molecule has 0 radical (unpaired) electrons. The van der Waals surface area contributed by atoms with Gasteiger partial charge in [-0.25, -0.2) is 4.68 Å². The van der Waals surface area contributed by atoms with Gasteiger partial charge in [-0.15, -0.1) is 0 Å². The van der Waals surface area contributed by atoms with Gasteiger partial charge in [0.15, 0.2) is 0 Å². The number of amides is 1. The number of aromatic nitrogens is 2. The molecule has 5 nitrogen and oxygen atoms in total. The molecule has 0 aromatic carbocycles. The lowest BCUT2D eigenvalue weighted by Gasteiger charge is -2.28. The molecule has 1 aliphatic heterocycles. The Kier molecular flexibility index (Phi) is 3.17. The molecule has 1 aromatic heterocycles. The third-order valence-electron chi connectivity index (χ3n) is 3.30. The molecule has 0 saturated carbocycles. The monoisotopic (exact) mass is 234 g/mol. The summed E-state index contributed by atoms with van der Waals surface area (Å²) in [4.78, 5) is 13.9. The number of nitrogens with two attached hydrogens (primary N) is 1. The van der Waals surface area contributed by atoms with Gasteiger partial charge in [0.1, 0.15) is 12.4 Å². The number of anilines is 1. The van der Waals surface area contributed by atoms with E-state index in [0.717, 1.165) is 19.5 Å². The smallest absolute Gasteiger partial charge is 0.244 e. The molecule has 0 spiro atoms. The first-order chi connectivity index (χ1) is 8.08. The zero-order valence-electron chi connectivity index (χ0n) is 10.3. The highest BCUT2D eigenvalue weighted by Gasteiger charge is 2.19. The number of carbonyl (C=O) groups is 1. The van der Waals surface area contributed by atoms with Crippen LogP contribution in [0.1, 0.15) is 20.3 Å². The topological polar surface area (TPSA) is 64.2 Å². The van der Waals surface area contributed by atoms with Crippen LogP contribution in [0.3, 0.4) is 0 Å². The molecule has 0 saturated heterocycles. The maximum absolute atomic E-state index is 12.1. The second kappa shape index (κ2) is 4.61. The molecule has 5 heteroatoms. The molecule has 1 amide bonds. The van der Waals surface area contributed by atoms with E-state index in [-0.39, 0.29) is 12.5 Å². The van der Waals surface area contributed by atoms with Crippen LogP contribution in [0, 0.1) is 0 Å². The van der Waals surface area contributed by atoms with E-state index < -0.39 is 0 Å². The summed E-state index contributed by atoms with van der Waals surface area (Å²) in [5.74, 6) is 0.603. The Morgan fingerprint density at radius 3 is 2.82 bits per heavy atom. The molecular formula is C12H18N4O. The fourth-order valence-electron chi connectivity index (χ4n) is 1.93. The van der Waals surface area contributed by atoms with Crippen molar-refractivity contribution in [3.63, 3.8) is 0 Å². The molecule has 0 unspecified atom stereocenters. The van der Waals surface area contributed by atoms with Gasteiger partial charge in [0, 0.05) is 13.1 Å². The zero-order valence-corrected chi connectivity index (χ0v) is 10.3. The summed E-state index contributed by atoms with van der Waals surface area (Å²) in [6.07, 6.45) is 2.57. The van der Waals surface area contributed by atoms with Crippen molar-refractivity contribution in [3.05, 3.63) is 23.4 Å². The van der Waals surface area contributed by atoms with Crippen molar-refractivity contribution >= 4 is 11.7 Å². The Hall–Kier alpha value is -1.78. The van der Waals surface area contributed by atoms with Crippen LogP contribution in [0.2, 0.25) is 0 Å². The highest BCUT2D eigenvalue weighted by atomic mass is 16.2. The minimum atomic E-state index is 0.0762. The third-order valence-corrected chi connectivity index (χ3v) is 3.30. The molecule has 1 aliphatic rings. The van der Waals surface area contributed by atoms with Crippen LogP contribution in [0.15, 0.2) is 23.4 Å². The number of nitrogen functional groups attached to an aromatic ring is 1. The summed E-state index contributed by atoms with van der Waals surface area (Å²) < 4.78 is 1.53. The van der Waals surface area contributed by atoms with E-state index >= 15 is 0 Å². The second-order valence-electron chi connectivity index (χ2n) is 4.54. The van der Waals surface area contributed by atoms with E-state index in [4.69, 9.17) is 5.73 Å². The number of hydrogen-bond acceptors (Lipinski definition) is 3. The number of hydrogen-bond donors (Lipinski definition) is 1. The van der Waals surface area contributed by atoms with Crippen LogP contribution in [0.5, 0.6) is 0 Å². The van der Waals surface area contributed by atoms with Gasteiger partial charge in [-0.05, 0) is 26.3 Å². The summed E-state index contributed by atoms with van der Waals surface area (Å²) >= 11 is 0. The van der Waals surface area contributed by atoms with Crippen molar-refractivity contribution in [3.8, 4) is 0 Å². The molecule has 2 N–H and O–H groups in total. The predicted octanol–water partition coefficient (Wildman–Crippen LogP) is 1.03. The highest BCUT2D eigenvalue weighted by molar-refractivity contribution is 5.76. The number of nitrogens with zero attached hydrogens (tertiary/aromatic N) is 3. The minimum absolute atomic E-state index is 0.0762. The largest absolute Gasteiger partial charge is 0.384 e. The number of rotatable bonds is 2. The first-order valence-corrected chi connectivity index (χ1v) is 5.78. The molecule has 17 heavy (non-hydrogen) atoms. The van der Waals surface area contributed by atoms with Gasteiger partial charge >= 0.3 is 0 Å². The molecule has 2 heterocycles. The van der Waals surface area contributed by atoms with E-state index in [1.165, 1.54) is 15.8 Å². The summed E-state index contributed by atoms with van der Waals surface area (Å²) in [7, 11) is 0. The zero-order chi connectivity index (χ0) is 12.4. The molecule has 92 valence electrons. The van der Waals surface area contributed by atoms with Gasteiger partial charge < -0.3 is 10.6 Å². The Morgan fingerprint density at radius 1 is 1.47 bits per heavy atom. The Bertz CT molecular complexity index is 461. The van der Waals surface area contributed by atoms with Gasteiger partial charge in [-0.1, -0.05) is 11.1 Å². The van der Waals surface area contributed by atoms with E-state index in [1.807, 2.05) is 4.90 Å². The van der Waals surface area contributed by atoms with E-state index in [0.29, 0.717) is 5.82 Å². The van der Waals surface area contributed by atoms with Crippen molar-refractivity contribution in [2.24, 2.45) is 0 Å². The Balaban J connectivity index is 2.01. The van der Waals surface area contributed by atoms with E-state index in [9.17, 15) is 4.79 Å². The lowest BCUT2D eigenvalue weighted by molar-refractivity contribution is -0.131. The van der Waals surface area contributed by atoms with Crippen LogP contribution in [-0.2, 0) is 11.3 Å². The van der Waals surface area contributed by atoms with Crippen LogP contribution < -0.4 is 5.73 Å². The molecular weight excluding hydrogens is 216 g/mol. The summed E-state index contributed by atoms with van der Waals surface area (Å²) in [5.41, 5.74) is 8.37. The lowest BCUT2D eigenvalue weighted by Crippen LogP contribution is -2.38. The van der Waals surface area contributed by atoms with Gasteiger partial charge in [-0.3, -0.25) is 4.79 Å². The predicted molar refractivity (Wildman–Crippen MR) is 66.2 cm³/mol. The third kappa shape index (κ3) is 2.49. The Labute approximate surface area is 101 Å². The minimum Gasteiger partial charge on any atom is -0.384 e. The fourth-order valence-corrected chi connectivity index (χ4v) is 1.93. The van der Waals surface area contributed by atoms with Gasteiger partial charge in [0.05, 0.1) is 6.20 Å². The number of carbonyl (C=O) groups excluding carboxylic acids is 1. The van der Waals surface area contributed by atoms with Crippen molar-refractivity contribution in [1.82, 2.24) is 14.7 Å². The SMILES string of the molecule is CC1=C(C)CN(C(=O)Cn2nccc2N)CC1. The van der Waals surface area contributed by atoms with Crippen molar-refractivity contribution in [2.45, 2.75) is 26.8 Å². The molecule has 0 aliphatic carbocycles. The van der Waals surface area contributed by atoms with E-state index in [2.05, 4.69) is 18.9 Å². The quantitative estimate of drug-likeness (QED) is 0.777. The van der Waals surface area contributed by atoms with Crippen molar-refractivity contribution in [2.75, 3.05) is 18.8 Å². The van der Waals surface area contributed by atoms with Crippen LogP contribution in [-0.4, -0.2) is 33.7 Å². The van der Waals surface area contributed by atoms with E-state index in [1.54, 1.807) is 12.3 Å². The fraction of sp³-hybridized carbons (Fsp3) is 0.500. The first kappa shape index (κ1) is 11.7. The van der Waals surface area contributed by atoms with Crippen molar-refractivity contribution in [1.29, 1.82) is 0 Å². The van der Waals surface area contributed by atoms with Crippen LogP contribution >= 0.6 is 0 Å². The second-order valence-corrected chi connectivity index (χ2v) is 4.54. The van der Waals surface area contributed by atoms with Crippen LogP contribution in [0.4, 0.5) is 5.82 Å². The standard InChI is InChI=1S/C12H18N4O/c1-9-4-6-15(7-10(9)2)12(17)8-16-11(13)3-5-14-16/h3,5H,4,6-8,13H2,1-2H3. The average molecular weight is 234 g/mol. The lowest BCUT2D eigenvalue weighted by atomic mass is 10.0. The van der Waals surface area contributed by atoms with Gasteiger partial charge in [0.2, 0.25) is 5.91 Å². The molecule has 0 atom stereocenters. The molecule has 2 rings (SSSR count). The maximum Gasteiger partial charge on any atom is 0.244 e.